The quantitative estimate of drug-likeness (QED) is 0.734. The van der Waals surface area contributed by atoms with Crippen molar-refractivity contribution < 1.29 is 28.9 Å². The molecule has 2 aliphatic heterocycles. The summed E-state index contributed by atoms with van der Waals surface area (Å²) in [6.07, 6.45) is 1.25. The molecule has 8 nitrogen and oxygen atoms in total. The molecule has 0 saturated carbocycles. The van der Waals surface area contributed by atoms with Crippen LogP contribution in [0.2, 0.25) is 0 Å². The summed E-state index contributed by atoms with van der Waals surface area (Å²) in [4.78, 5) is 31.4. The summed E-state index contributed by atoms with van der Waals surface area (Å²) < 4.78 is 17.6. The van der Waals surface area contributed by atoms with E-state index in [1.165, 1.54) is 11.3 Å². The van der Waals surface area contributed by atoms with Crippen LogP contribution in [0.25, 0.3) is 10.6 Å². The van der Waals surface area contributed by atoms with E-state index in [0.29, 0.717) is 37.6 Å². The Kier molecular flexibility index (Phi) is 6.13. The normalized spacial score (nSPS) is 23.0. The summed E-state index contributed by atoms with van der Waals surface area (Å²) in [7, 11) is 0. The molecular weight excluding hydrogens is 432 g/mol. The number of carboxylic acids is 1. The molecule has 0 radical (unpaired) electrons. The van der Waals surface area contributed by atoms with Gasteiger partial charge in [0.25, 0.3) is 0 Å². The Balaban J connectivity index is 1.56. The fourth-order valence-corrected chi connectivity index (χ4v) is 4.88. The standard InChI is InChI=1S/C23H28N2O6S/c1-13-8-24-20(32-13)14-5-15(21(26)27)7-18(6-14)30-19-16-9-25(10-17(19)12-29-11-16)22(28)31-23(2,3)4/h5-8,16-17,19H,9-12H2,1-4H3,(H,26,27). The molecule has 2 aliphatic rings. The van der Waals surface area contributed by atoms with Gasteiger partial charge in [0.05, 0.1) is 18.8 Å². The lowest BCUT2D eigenvalue weighted by Crippen LogP contribution is -2.59. The van der Waals surface area contributed by atoms with Gasteiger partial charge in [0.1, 0.15) is 22.5 Å². The zero-order valence-corrected chi connectivity index (χ0v) is 19.5. The number of nitrogens with zero attached hydrogens (tertiary/aromatic N) is 2. The smallest absolute Gasteiger partial charge is 0.410 e. The van der Waals surface area contributed by atoms with Gasteiger partial charge in [0, 0.05) is 41.6 Å². The number of hydrogen-bond acceptors (Lipinski definition) is 7. The maximum atomic E-state index is 12.6. The van der Waals surface area contributed by atoms with E-state index >= 15 is 0 Å². The Morgan fingerprint density at radius 1 is 1.19 bits per heavy atom. The first kappa shape index (κ1) is 22.5. The van der Waals surface area contributed by atoms with Crippen molar-refractivity contribution >= 4 is 23.4 Å². The molecule has 2 saturated heterocycles. The van der Waals surface area contributed by atoms with Gasteiger partial charge in [-0.25, -0.2) is 14.6 Å². The summed E-state index contributed by atoms with van der Waals surface area (Å²) in [5.74, 6) is -0.600. The Morgan fingerprint density at radius 2 is 1.88 bits per heavy atom. The molecule has 2 unspecified atom stereocenters. The van der Waals surface area contributed by atoms with Crippen molar-refractivity contribution in [1.82, 2.24) is 9.88 Å². The SMILES string of the molecule is Cc1cnc(-c2cc(OC3C4COCC3CN(C(=O)OC(C)(C)C)C4)cc(C(=O)O)c2)s1. The molecule has 4 rings (SSSR count). The molecule has 1 N–H and O–H groups in total. The third kappa shape index (κ3) is 5.05. The number of benzene rings is 1. The summed E-state index contributed by atoms with van der Waals surface area (Å²) in [6.45, 7) is 9.37. The highest BCUT2D eigenvalue weighted by molar-refractivity contribution is 7.14. The lowest BCUT2D eigenvalue weighted by Gasteiger charge is -2.46. The minimum atomic E-state index is -1.02. The van der Waals surface area contributed by atoms with Gasteiger partial charge < -0.3 is 24.2 Å². The number of carbonyl (C=O) groups excluding carboxylic acids is 1. The molecule has 1 aromatic carbocycles. The zero-order chi connectivity index (χ0) is 23.0. The number of aromatic nitrogens is 1. The van der Waals surface area contributed by atoms with Gasteiger partial charge in [-0.2, -0.15) is 0 Å². The molecule has 32 heavy (non-hydrogen) atoms. The number of rotatable bonds is 4. The Morgan fingerprint density at radius 3 is 2.44 bits per heavy atom. The lowest BCUT2D eigenvalue weighted by molar-refractivity contribution is -0.112. The maximum absolute atomic E-state index is 12.6. The van der Waals surface area contributed by atoms with E-state index in [4.69, 9.17) is 14.2 Å². The predicted molar refractivity (Wildman–Crippen MR) is 119 cm³/mol. The van der Waals surface area contributed by atoms with Crippen molar-refractivity contribution in [2.75, 3.05) is 26.3 Å². The molecule has 2 atom stereocenters. The first-order valence-electron chi connectivity index (χ1n) is 10.6. The molecule has 2 bridgehead atoms. The van der Waals surface area contributed by atoms with Gasteiger partial charge >= 0.3 is 12.1 Å². The number of aromatic carboxylic acids is 1. The second-order valence-electron chi connectivity index (χ2n) is 9.35. The largest absolute Gasteiger partial charge is 0.489 e. The highest BCUT2D eigenvalue weighted by atomic mass is 32.1. The van der Waals surface area contributed by atoms with E-state index in [1.807, 2.05) is 33.8 Å². The van der Waals surface area contributed by atoms with E-state index in [9.17, 15) is 14.7 Å². The predicted octanol–water partition coefficient (Wildman–Crippen LogP) is 4.08. The van der Waals surface area contributed by atoms with Crippen molar-refractivity contribution in [2.24, 2.45) is 11.8 Å². The van der Waals surface area contributed by atoms with Crippen LogP contribution in [-0.2, 0) is 9.47 Å². The third-order valence-corrected chi connectivity index (χ3v) is 6.41. The second-order valence-corrected chi connectivity index (χ2v) is 10.6. The van der Waals surface area contributed by atoms with Crippen molar-refractivity contribution in [3.63, 3.8) is 0 Å². The van der Waals surface area contributed by atoms with Crippen LogP contribution < -0.4 is 4.74 Å². The third-order valence-electron chi connectivity index (χ3n) is 5.45. The van der Waals surface area contributed by atoms with Crippen LogP contribution in [0, 0.1) is 18.8 Å². The Hall–Kier alpha value is -2.65. The lowest BCUT2D eigenvalue weighted by atomic mass is 9.84. The molecule has 0 spiro atoms. The van der Waals surface area contributed by atoms with E-state index in [-0.39, 0.29) is 29.6 Å². The fraction of sp³-hybridized carbons (Fsp3) is 0.522. The second kappa shape index (κ2) is 8.71. The number of ether oxygens (including phenoxy) is 3. The minimum absolute atomic E-state index is 0.0333. The molecule has 172 valence electrons. The van der Waals surface area contributed by atoms with Crippen LogP contribution in [0.3, 0.4) is 0 Å². The molecular formula is C23H28N2O6S. The average molecular weight is 461 g/mol. The van der Waals surface area contributed by atoms with Gasteiger partial charge in [-0.05, 0) is 45.9 Å². The number of aryl methyl sites for hydroxylation is 1. The van der Waals surface area contributed by atoms with Crippen LogP contribution >= 0.6 is 11.3 Å². The van der Waals surface area contributed by atoms with Gasteiger partial charge in [-0.3, -0.25) is 0 Å². The van der Waals surface area contributed by atoms with Crippen molar-refractivity contribution in [1.29, 1.82) is 0 Å². The van der Waals surface area contributed by atoms with Crippen molar-refractivity contribution in [3.8, 4) is 16.3 Å². The fourth-order valence-electron chi connectivity index (χ4n) is 4.13. The number of carboxylic acid groups (broad SMARTS) is 1. The topological polar surface area (TPSA) is 98.2 Å². The van der Waals surface area contributed by atoms with Gasteiger partial charge in [-0.1, -0.05) is 0 Å². The van der Waals surface area contributed by atoms with Crippen LogP contribution in [0.4, 0.5) is 4.79 Å². The highest BCUT2D eigenvalue weighted by Gasteiger charge is 2.44. The van der Waals surface area contributed by atoms with E-state index in [2.05, 4.69) is 4.98 Å². The minimum Gasteiger partial charge on any atom is -0.489 e. The first-order valence-corrected chi connectivity index (χ1v) is 11.4. The summed E-state index contributed by atoms with van der Waals surface area (Å²) in [5, 5.41) is 10.3. The molecule has 9 heteroatoms. The number of thiazole rings is 1. The Bertz CT molecular complexity index is 1000. The summed E-state index contributed by atoms with van der Waals surface area (Å²) in [5.41, 5.74) is 0.307. The number of carbonyl (C=O) groups is 2. The van der Waals surface area contributed by atoms with Crippen molar-refractivity contribution in [2.45, 2.75) is 39.4 Å². The number of likely N-dealkylation sites (tertiary alicyclic amines) is 1. The molecule has 1 aromatic heterocycles. The van der Waals surface area contributed by atoms with Crippen molar-refractivity contribution in [3.05, 3.63) is 34.8 Å². The van der Waals surface area contributed by atoms with Crippen LogP contribution in [-0.4, -0.2) is 65.1 Å². The van der Waals surface area contributed by atoms with E-state index < -0.39 is 11.6 Å². The van der Waals surface area contributed by atoms with Crippen LogP contribution in [0.1, 0.15) is 36.0 Å². The van der Waals surface area contributed by atoms with Gasteiger partial charge in [0.15, 0.2) is 0 Å². The first-order chi connectivity index (χ1) is 15.1. The molecule has 2 fully saturated rings. The van der Waals surface area contributed by atoms with Crippen LogP contribution in [0.5, 0.6) is 5.75 Å². The van der Waals surface area contributed by atoms with Gasteiger partial charge in [0.2, 0.25) is 0 Å². The Labute approximate surface area is 191 Å². The maximum Gasteiger partial charge on any atom is 0.410 e. The number of hydrogen-bond donors (Lipinski definition) is 1. The highest BCUT2D eigenvalue weighted by Crippen LogP contribution is 2.35. The van der Waals surface area contributed by atoms with E-state index in [1.54, 1.807) is 23.2 Å². The summed E-state index contributed by atoms with van der Waals surface area (Å²) >= 11 is 1.50. The zero-order valence-electron chi connectivity index (χ0n) is 18.7. The molecule has 0 aliphatic carbocycles. The van der Waals surface area contributed by atoms with E-state index in [0.717, 1.165) is 9.88 Å². The molecule has 3 heterocycles. The van der Waals surface area contributed by atoms with Gasteiger partial charge in [-0.15, -0.1) is 11.3 Å². The monoisotopic (exact) mass is 460 g/mol. The number of amides is 1. The van der Waals surface area contributed by atoms with Crippen LogP contribution in [0.15, 0.2) is 24.4 Å². The number of piperidine rings is 1. The molecule has 1 amide bonds. The summed E-state index contributed by atoms with van der Waals surface area (Å²) in [6, 6.07) is 4.99. The molecule has 2 aromatic rings. The number of fused-ring (bicyclic) bond motifs is 2. The average Bonchev–Trinajstić information content (AvgIpc) is 3.12.